The van der Waals surface area contributed by atoms with Crippen LogP contribution in [0.3, 0.4) is 0 Å². The second-order valence-corrected chi connectivity index (χ2v) is 5.34. The maximum atomic E-state index is 12.5. The second kappa shape index (κ2) is 7.83. The number of halogens is 3. The van der Waals surface area contributed by atoms with E-state index in [0.717, 1.165) is 17.7 Å². The van der Waals surface area contributed by atoms with Crippen molar-refractivity contribution < 1.29 is 27.5 Å². The first-order valence-corrected chi connectivity index (χ1v) is 7.39. The van der Waals surface area contributed by atoms with E-state index >= 15 is 0 Å². The van der Waals surface area contributed by atoms with Gasteiger partial charge in [-0.25, -0.2) is 4.79 Å². The molecular formula is C18H16F3NO3. The standard InChI is InChI=1S/C18H16F3NO3/c1-25-17(24)14-6-2-13(3-7-14)11-22-16(23)10-12-4-8-15(9-5-12)18(19,20)21/h2-9H,10-11H2,1H3,(H,22,23). The number of carbonyl (C=O) groups is 2. The Morgan fingerprint density at radius 2 is 1.52 bits per heavy atom. The Balaban J connectivity index is 1.87. The molecule has 0 heterocycles. The predicted molar refractivity (Wildman–Crippen MR) is 84.8 cm³/mol. The average Bonchev–Trinajstić information content (AvgIpc) is 2.59. The van der Waals surface area contributed by atoms with E-state index in [9.17, 15) is 22.8 Å². The smallest absolute Gasteiger partial charge is 0.416 e. The van der Waals surface area contributed by atoms with Crippen molar-refractivity contribution in [3.63, 3.8) is 0 Å². The molecule has 0 spiro atoms. The van der Waals surface area contributed by atoms with Crippen LogP contribution in [-0.2, 0) is 28.7 Å². The summed E-state index contributed by atoms with van der Waals surface area (Å²) < 4.78 is 42.0. The van der Waals surface area contributed by atoms with Crippen LogP contribution in [0.15, 0.2) is 48.5 Å². The highest BCUT2D eigenvalue weighted by Gasteiger charge is 2.29. The molecule has 1 N–H and O–H groups in total. The molecule has 0 saturated carbocycles. The maximum absolute atomic E-state index is 12.5. The van der Waals surface area contributed by atoms with Gasteiger partial charge in [-0.2, -0.15) is 13.2 Å². The summed E-state index contributed by atoms with van der Waals surface area (Å²) in [5, 5.41) is 2.68. The van der Waals surface area contributed by atoms with Crippen LogP contribution in [0.5, 0.6) is 0 Å². The third-order valence-electron chi connectivity index (χ3n) is 3.51. The van der Waals surface area contributed by atoms with Gasteiger partial charge < -0.3 is 10.1 Å². The first-order valence-electron chi connectivity index (χ1n) is 7.39. The number of methoxy groups -OCH3 is 1. The molecule has 2 aromatic carbocycles. The number of hydrogen-bond donors (Lipinski definition) is 1. The summed E-state index contributed by atoms with van der Waals surface area (Å²) in [4.78, 5) is 23.2. The van der Waals surface area contributed by atoms with Gasteiger partial charge >= 0.3 is 12.1 Å². The van der Waals surface area contributed by atoms with E-state index in [-0.39, 0.29) is 18.9 Å². The molecule has 2 rings (SSSR count). The summed E-state index contributed by atoms with van der Waals surface area (Å²) in [5.74, 6) is -0.755. The van der Waals surface area contributed by atoms with Gasteiger partial charge in [0, 0.05) is 6.54 Å². The molecule has 0 aliphatic rings. The van der Waals surface area contributed by atoms with Crippen molar-refractivity contribution in [3.05, 3.63) is 70.8 Å². The van der Waals surface area contributed by atoms with Crippen LogP contribution in [0, 0.1) is 0 Å². The molecule has 0 radical (unpaired) electrons. The number of esters is 1. The number of amides is 1. The quantitative estimate of drug-likeness (QED) is 0.841. The van der Waals surface area contributed by atoms with Gasteiger partial charge in [0.05, 0.1) is 24.7 Å². The van der Waals surface area contributed by atoms with E-state index in [2.05, 4.69) is 10.1 Å². The number of rotatable bonds is 5. The summed E-state index contributed by atoms with van der Waals surface area (Å²) in [6.45, 7) is 0.251. The minimum absolute atomic E-state index is 0.0155. The molecule has 0 bridgehead atoms. The number of ether oxygens (including phenoxy) is 1. The minimum atomic E-state index is -4.39. The van der Waals surface area contributed by atoms with Gasteiger partial charge in [0.1, 0.15) is 0 Å². The van der Waals surface area contributed by atoms with Gasteiger partial charge in [-0.1, -0.05) is 24.3 Å². The van der Waals surface area contributed by atoms with Crippen LogP contribution in [-0.4, -0.2) is 19.0 Å². The Morgan fingerprint density at radius 1 is 0.960 bits per heavy atom. The largest absolute Gasteiger partial charge is 0.465 e. The van der Waals surface area contributed by atoms with Crippen LogP contribution < -0.4 is 5.32 Å². The Morgan fingerprint density at radius 3 is 2.04 bits per heavy atom. The fraction of sp³-hybridized carbons (Fsp3) is 0.222. The van der Waals surface area contributed by atoms with Crippen molar-refractivity contribution in [1.82, 2.24) is 5.32 Å². The van der Waals surface area contributed by atoms with Gasteiger partial charge in [0.15, 0.2) is 0 Å². The third kappa shape index (κ3) is 5.34. The number of carbonyl (C=O) groups excluding carboxylic acids is 2. The van der Waals surface area contributed by atoms with Crippen LogP contribution in [0.4, 0.5) is 13.2 Å². The molecule has 0 aromatic heterocycles. The first-order chi connectivity index (χ1) is 11.8. The van der Waals surface area contributed by atoms with Crippen molar-refractivity contribution in [2.45, 2.75) is 19.1 Å². The lowest BCUT2D eigenvalue weighted by molar-refractivity contribution is -0.137. The van der Waals surface area contributed by atoms with Gasteiger partial charge in [0.2, 0.25) is 5.91 Å². The van der Waals surface area contributed by atoms with E-state index < -0.39 is 17.7 Å². The molecule has 1 amide bonds. The molecule has 25 heavy (non-hydrogen) atoms. The first kappa shape index (κ1) is 18.5. The summed E-state index contributed by atoms with van der Waals surface area (Å²) in [5.41, 5.74) is 0.935. The van der Waals surface area contributed by atoms with Crippen LogP contribution >= 0.6 is 0 Å². The minimum Gasteiger partial charge on any atom is -0.465 e. The third-order valence-corrected chi connectivity index (χ3v) is 3.51. The van der Waals surface area contributed by atoms with E-state index in [1.54, 1.807) is 24.3 Å². The SMILES string of the molecule is COC(=O)c1ccc(CNC(=O)Cc2ccc(C(F)(F)F)cc2)cc1. The number of nitrogens with one attached hydrogen (secondary N) is 1. The highest BCUT2D eigenvalue weighted by molar-refractivity contribution is 5.89. The van der Waals surface area contributed by atoms with Gasteiger partial charge in [-0.05, 0) is 35.4 Å². The zero-order valence-corrected chi connectivity index (χ0v) is 13.4. The van der Waals surface area contributed by atoms with Crippen molar-refractivity contribution in [1.29, 1.82) is 0 Å². The molecule has 0 atom stereocenters. The molecule has 0 unspecified atom stereocenters. The summed E-state index contributed by atoms with van der Waals surface area (Å²) >= 11 is 0. The Bertz CT molecular complexity index is 738. The van der Waals surface area contributed by atoms with Crippen molar-refractivity contribution >= 4 is 11.9 Å². The molecule has 0 aliphatic carbocycles. The second-order valence-electron chi connectivity index (χ2n) is 5.34. The molecular weight excluding hydrogens is 335 g/mol. The molecule has 0 saturated heterocycles. The van der Waals surface area contributed by atoms with Gasteiger partial charge in [-0.15, -0.1) is 0 Å². The van der Waals surface area contributed by atoms with Gasteiger partial charge in [-0.3, -0.25) is 4.79 Å². The van der Waals surface area contributed by atoms with E-state index in [0.29, 0.717) is 11.1 Å². The van der Waals surface area contributed by atoms with E-state index in [1.807, 2.05) is 0 Å². The van der Waals surface area contributed by atoms with Crippen LogP contribution in [0.2, 0.25) is 0 Å². The predicted octanol–water partition coefficient (Wildman–Crippen LogP) is 3.35. The fourth-order valence-corrected chi connectivity index (χ4v) is 2.14. The highest BCUT2D eigenvalue weighted by Crippen LogP contribution is 2.29. The lowest BCUT2D eigenvalue weighted by Crippen LogP contribution is -2.24. The molecule has 4 nitrogen and oxygen atoms in total. The van der Waals surface area contributed by atoms with Crippen LogP contribution in [0.1, 0.15) is 27.0 Å². The summed E-state index contributed by atoms with van der Waals surface area (Å²) in [6, 6.07) is 11.0. The van der Waals surface area contributed by atoms with Crippen molar-refractivity contribution in [2.75, 3.05) is 7.11 Å². The summed E-state index contributed by atoms with van der Waals surface area (Å²) in [6.07, 6.45) is -4.41. The van der Waals surface area contributed by atoms with Crippen molar-refractivity contribution in [2.24, 2.45) is 0 Å². The Labute approximate surface area is 142 Å². The monoisotopic (exact) mass is 351 g/mol. The number of alkyl halides is 3. The Kier molecular flexibility index (Phi) is 5.80. The molecule has 0 aliphatic heterocycles. The molecule has 7 heteroatoms. The van der Waals surface area contributed by atoms with Crippen molar-refractivity contribution in [3.8, 4) is 0 Å². The molecule has 0 fully saturated rings. The van der Waals surface area contributed by atoms with Gasteiger partial charge in [0.25, 0.3) is 0 Å². The highest BCUT2D eigenvalue weighted by atomic mass is 19.4. The zero-order valence-electron chi connectivity index (χ0n) is 13.4. The molecule has 2 aromatic rings. The van der Waals surface area contributed by atoms with Crippen LogP contribution in [0.25, 0.3) is 0 Å². The maximum Gasteiger partial charge on any atom is 0.416 e. The van der Waals surface area contributed by atoms with E-state index in [4.69, 9.17) is 0 Å². The Hall–Kier alpha value is -2.83. The fourth-order valence-electron chi connectivity index (χ4n) is 2.14. The zero-order chi connectivity index (χ0) is 18.4. The topological polar surface area (TPSA) is 55.4 Å². The number of hydrogen-bond acceptors (Lipinski definition) is 3. The molecule has 132 valence electrons. The van der Waals surface area contributed by atoms with E-state index in [1.165, 1.54) is 19.2 Å². The number of benzene rings is 2. The lowest BCUT2D eigenvalue weighted by Gasteiger charge is -2.08. The average molecular weight is 351 g/mol. The normalized spacial score (nSPS) is 11.0. The summed E-state index contributed by atoms with van der Waals surface area (Å²) in [7, 11) is 1.29. The lowest BCUT2D eigenvalue weighted by atomic mass is 10.1.